The van der Waals surface area contributed by atoms with Crippen molar-refractivity contribution >= 4 is 32.6 Å². The van der Waals surface area contributed by atoms with E-state index in [1.54, 1.807) is 0 Å². The molecular weight excluding hydrogens is 304 g/mol. The van der Waals surface area contributed by atoms with E-state index in [0.717, 1.165) is 4.47 Å². The van der Waals surface area contributed by atoms with E-state index in [9.17, 15) is 0 Å². The predicted molar refractivity (Wildman–Crippen MR) is 82.8 cm³/mol. The third kappa shape index (κ3) is 2.27. The molecule has 0 radical (unpaired) electrons. The third-order valence-electron chi connectivity index (χ3n) is 3.16. The second-order valence-electron chi connectivity index (χ2n) is 4.47. The number of hydrogen-bond donors (Lipinski definition) is 0. The van der Waals surface area contributed by atoms with Gasteiger partial charge in [-0.3, -0.25) is 0 Å². The average Bonchev–Trinajstić information content (AvgIpc) is 2.39. The zero-order chi connectivity index (χ0) is 12.5. The Bertz CT molecular complexity index is 599. The van der Waals surface area contributed by atoms with Crippen molar-refractivity contribution in [1.82, 2.24) is 0 Å². The van der Waals surface area contributed by atoms with Crippen LogP contribution in [0.5, 0.6) is 0 Å². The van der Waals surface area contributed by atoms with E-state index in [1.807, 2.05) is 11.8 Å². The Morgan fingerprint density at radius 2 is 1.72 bits per heavy atom. The van der Waals surface area contributed by atoms with Crippen LogP contribution in [0.2, 0.25) is 0 Å². The van der Waals surface area contributed by atoms with Gasteiger partial charge in [-0.1, -0.05) is 71.0 Å². The van der Waals surface area contributed by atoms with Gasteiger partial charge in [0.25, 0.3) is 0 Å². The number of rotatable bonds is 1. The maximum absolute atomic E-state index is 3.48. The lowest BCUT2D eigenvalue weighted by Crippen LogP contribution is -1.98. The molecule has 3 rings (SSSR count). The van der Waals surface area contributed by atoms with Gasteiger partial charge in [0.15, 0.2) is 0 Å². The van der Waals surface area contributed by atoms with Gasteiger partial charge in [0.2, 0.25) is 0 Å². The van der Waals surface area contributed by atoms with Crippen LogP contribution in [0.25, 0.3) is 4.91 Å². The monoisotopic (exact) mass is 316 g/mol. The molecule has 1 aliphatic rings. The van der Waals surface area contributed by atoms with Crippen molar-refractivity contribution in [3.63, 3.8) is 0 Å². The fraction of sp³-hybridized carbons (Fsp3) is 0.125. The first-order valence-electron chi connectivity index (χ1n) is 5.98. The van der Waals surface area contributed by atoms with Crippen LogP contribution < -0.4 is 0 Å². The van der Waals surface area contributed by atoms with Crippen molar-refractivity contribution in [2.75, 3.05) is 0 Å². The molecule has 0 aromatic heterocycles. The van der Waals surface area contributed by atoms with E-state index in [1.165, 1.54) is 20.9 Å². The molecule has 2 aromatic rings. The van der Waals surface area contributed by atoms with E-state index in [0.29, 0.717) is 5.92 Å². The number of halogens is 1. The second kappa shape index (κ2) is 4.94. The standard InChI is InChI=1S/C16H13BrS/c1-11-10-16(12-6-8-13(17)9-7-12)18-15-5-3-2-4-14(11)15/h2-11H,1H3. The van der Waals surface area contributed by atoms with Crippen molar-refractivity contribution < 1.29 is 0 Å². The lowest BCUT2D eigenvalue weighted by molar-refractivity contribution is 0.933. The molecule has 0 saturated carbocycles. The highest BCUT2D eigenvalue weighted by Crippen LogP contribution is 2.44. The van der Waals surface area contributed by atoms with Gasteiger partial charge in [0.1, 0.15) is 0 Å². The molecule has 0 aliphatic carbocycles. The Balaban J connectivity index is 1.99. The van der Waals surface area contributed by atoms with Gasteiger partial charge in [-0.25, -0.2) is 0 Å². The molecule has 0 fully saturated rings. The zero-order valence-electron chi connectivity index (χ0n) is 10.1. The molecule has 0 amide bonds. The van der Waals surface area contributed by atoms with E-state index in [4.69, 9.17) is 0 Å². The maximum atomic E-state index is 3.48. The first-order valence-corrected chi connectivity index (χ1v) is 7.59. The van der Waals surface area contributed by atoms with E-state index < -0.39 is 0 Å². The maximum Gasteiger partial charge on any atom is 0.0175 e. The largest absolute Gasteiger partial charge is 0.0895 e. The number of thioether (sulfide) groups is 1. The Kier molecular flexibility index (Phi) is 3.31. The van der Waals surface area contributed by atoms with Crippen LogP contribution in [0.4, 0.5) is 0 Å². The van der Waals surface area contributed by atoms with Crippen molar-refractivity contribution in [3.05, 3.63) is 70.2 Å². The van der Waals surface area contributed by atoms with Crippen molar-refractivity contribution in [1.29, 1.82) is 0 Å². The fourth-order valence-electron chi connectivity index (χ4n) is 2.19. The van der Waals surface area contributed by atoms with Crippen LogP contribution in [0, 0.1) is 0 Å². The van der Waals surface area contributed by atoms with Gasteiger partial charge in [-0.2, -0.15) is 0 Å². The predicted octanol–water partition coefficient (Wildman–Crippen LogP) is 5.70. The highest BCUT2D eigenvalue weighted by molar-refractivity contribution is 9.10. The quantitative estimate of drug-likeness (QED) is 0.650. The molecular formula is C16H13BrS. The summed E-state index contributed by atoms with van der Waals surface area (Å²) in [5, 5.41) is 0. The van der Waals surface area contributed by atoms with Gasteiger partial charge >= 0.3 is 0 Å². The Morgan fingerprint density at radius 3 is 2.50 bits per heavy atom. The number of allylic oxidation sites excluding steroid dienone is 1. The Hall–Kier alpha value is -0.990. The van der Waals surface area contributed by atoms with Gasteiger partial charge in [0, 0.05) is 20.2 Å². The van der Waals surface area contributed by atoms with Gasteiger partial charge < -0.3 is 0 Å². The molecule has 1 aliphatic heterocycles. The van der Waals surface area contributed by atoms with Crippen molar-refractivity contribution in [2.45, 2.75) is 17.7 Å². The van der Waals surface area contributed by atoms with E-state index in [2.05, 4.69) is 77.5 Å². The molecule has 2 aromatic carbocycles. The molecule has 1 atom stereocenters. The summed E-state index contributed by atoms with van der Waals surface area (Å²) >= 11 is 5.35. The Labute approximate surface area is 120 Å². The number of benzene rings is 2. The van der Waals surface area contributed by atoms with Crippen LogP contribution in [0.15, 0.2) is 64.0 Å². The minimum atomic E-state index is 0.487. The van der Waals surface area contributed by atoms with E-state index >= 15 is 0 Å². The summed E-state index contributed by atoms with van der Waals surface area (Å²) in [5.41, 5.74) is 2.73. The zero-order valence-corrected chi connectivity index (χ0v) is 12.5. The molecule has 0 N–H and O–H groups in total. The Morgan fingerprint density at radius 1 is 1.00 bits per heavy atom. The summed E-state index contributed by atoms with van der Waals surface area (Å²) in [4.78, 5) is 2.74. The molecule has 0 bridgehead atoms. The first kappa shape index (κ1) is 12.1. The lowest BCUT2D eigenvalue weighted by atomic mass is 9.99. The SMILES string of the molecule is CC1C=C(c2ccc(Br)cc2)Sc2ccccc21. The molecule has 2 heteroatoms. The summed E-state index contributed by atoms with van der Waals surface area (Å²) in [6.45, 7) is 2.26. The highest BCUT2D eigenvalue weighted by atomic mass is 79.9. The van der Waals surface area contributed by atoms with Crippen LogP contribution in [0.1, 0.15) is 24.0 Å². The molecule has 0 nitrogen and oxygen atoms in total. The van der Waals surface area contributed by atoms with E-state index in [-0.39, 0.29) is 0 Å². The topological polar surface area (TPSA) is 0 Å². The first-order chi connectivity index (χ1) is 8.74. The smallest absolute Gasteiger partial charge is 0.0175 e. The van der Waals surface area contributed by atoms with Gasteiger partial charge in [-0.05, 0) is 29.3 Å². The second-order valence-corrected chi connectivity index (χ2v) is 6.47. The van der Waals surface area contributed by atoms with Crippen LogP contribution >= 0.6 is 27.7 Å². The van der Waals surface area contributed by atoms with Crippen LogP contribution in [-0.2, 0) is 0 Å². The summed E-state index contributed by atoms with van der Waals surface area (Å²) in [5.74, 6) is 0.487. The molecule has 1 heterocycles. The number of hydrogen-bond acceptors (Lipinski definition) is 1. The molecule has 1 unspecified atom stereocenters. The molecule has 18 heavy (non-hydrogen) atoms. The highest BCUT2D eigenvalue weighted by Gasteiger charge is 2.17. The minimum absolute atomic E-state index is 0.487. The minimum Gasteiger partial charge on any atom is -0.0895 e. The third-order valence-corrected chi connectivity index (χ3v) is 4.87. The normalized spacial score (nSPS) is 18.1. The average molecular weight is 317 g/mol. The van der Waals surface area contributed by atoms with Gasteiger partial charge in [0.05, 0.1) is 0 Å². The lowest BCUT2D eigenvalue weighted by Gasteiger charge is -2.21. The van der Waals surface area contributed by atoms with Crippen LogP contribution in [0.3, 0.4) is 0 Å². The molecule has 0 saturated heterocycles. The molecule has 90 valence electrons. The van der Waals surface area contributed by atoms with Gasteiger partial charge in [-0.15, -0.1) is 0 Å². The molecule has 0 spiro atoms. The van der Waals surface area contributed by atoms with Crippen molar-refractivity contribution in [2.24, 2.45) is 0 Å². The van der Waals surface area contributed by atoms with Crippen LogP contribution in [-0.4, -0.2) is 0 Å². The van der Waals surface area contributed by atoms with Crippen molar-refractivity contribution in [3.8, 4) is 0 Å². The summed E-state index contributed by atoms with van der Waals surface area (Å²) in [6.07, 6.45) is 2.36. The fourth-order valence-corrected chi connectivity index (χ4v) is 3.73. The summed E-state index contributed by atoms with van der Waals surface area (Å²) < 4.78 is 1.13. The summed E-state index contributed by atoms with van der Waals surface area (Å²) in [7, 11) is 0. The number of fused-ring (bicyclic) bond motifs is 1. The summed E-state index contributed by atoms with van der Waals surface area (Å²) in [6, 6.07) is 17.2.